The van der Waals surface area contributed by atoms with Gasteiger partial charge in [0.1, 0.15) is 12.4 Å². The van der Waals surface area contributed by atoms with Crippen LogP contribution in [0, 0.1) is 18.3 Å². The molecule has 0 aliphatic heterocycles. The minimum atomic E-state index is 0.389. The van der Waals surface area contributed by atoms with Crippen molar-refractivity contribution < 1.29 is 4.74 Å². The second-order valence-corrected chi connectivity index (χ2v) is 4.88. The largest absolute Gasteiger partial charge is 0.487 e. The number of aryl methyl sites for hydroxylation is 1. The van der Waals surface area contributed by atoms with E-state index in [1.54, 1.807) is 12.1 Å². The van der Waals surface area contributed by atoms with Gasteiger partial charge in [0.25, 0.3) is 0 Å². The van der Waals surface area contributed by atoms with Crippen LogP contribution in [0.2, 0.25) is 0 Å². The van der Waals surface area contributed by atoms with E-state index in [2.05, 4.69) is 11.1 Å². The Bertz CT molecular complexity index is 834. The van der Waals surface area contributed by atoms with Gasteiger partial charge in [0, 0.05) is 5.39 Å². The van der Waals surface area contributed by atoms with E-state index in [9.17, 15) is 0 Å². The molecule has 1 heterocycles. The van der Waals surface area contributed by atoms with Gasteiger partial charge in [-0.15, -0.1) is 0 Å². The molecular weight excluding hydrogens is 260 g/mol. The van der Waals surface area contributed by atoms with Crippen LogP contribution in [-0.2, 0) is 6.61 Å². The first-order valence-electron chi connectivity index (χ1n) is 6.74. The smallest absolute Gasteiger partial charge is 0.130 e. The Hall–Kier alpha value is -2.86. The summed E-state index contributed by atoms with van der Waals surface area (Å²) in [5.41, 5.74) is 3.44. The van der Waals surface area contributed by atoms with Crippen molar-refractivity contribution in [3.8, 4) is 11.8 Å². The highest BCUT2D eigenvalue weighted by Crippen LogP contribution is 2.20. The normalized spacial score (nSPS) is 10.3. The van der Waals surface area contributed by atoms with E-state index in [0.29, 0.717) is 12.2 Å². The minimum Gasteiger partial charge on any atom is -0.487 e. The number of hydrogen-bond donors (Lipinski definition) is 0. The van der Waals surface area contributed by atoms with Crippen LogP contribution in [0.15, 0.2) is 54.6 Å². The van der Waals surface area contributed by atoms with Crippen LogP contribution < -0.4 is 4.74 Å². The Kier molecular flexibility index (Phi) is 3.53. The van der Waals surface area contributed by atoms with Crippen molar-refractivity contribution in [3.63, 3.8) is 0 Å². The number of nitriles is 1. The topological polar surface area (TPSA) is 45.9 Å². The van der Waals surface area contributed by atoms with E-state index in [-0.39, 0.29) is 0 Å². The van der Waals surface area contributed by atoms with Crippen molar-refractivity contribution in [2.24, 2.45) is 0 Å². The Morgan fingerprint density at radius 1 is 1.10 bits per heavy atom. The summed E-state index contributed by atoms with van der Waals surface area (Å²) in [4.78, 5) is 4.57. The van der Waals surface area contributed by atoms with Crippen LogP contribution in [-0.4, -0.2) is 4.98 Å². The van der Waals surface area contributed by atoms with Crippen molar-refractivity contribution in [1.82, 2.24) is 4.98 Å². The Morgan fingerprint density at radius 3 is 2.81 bits per heavy atom. The van der Waals surface area contributed by atoms with Crippen molar-refractivity contribution in [3.05, 3.63) is 71.4 Å². The molecule has 0 amide bonds. The Labute approximate surface area is 123 Å². The van der Waals surface area contributed by atoms with Crippen LogP contribution in [0.3, 0.4) is 0 Å². The molecule has 0 atom stereocenters. The first-order valence-corrected chi connectivity index (χ1v) is 6.74. The van der Waals surface area contributed by atoms with Gasteiger partial charge in [-0.05, 0) is 36.8 Å². The summed E-state index contributed by atoms with van der Waals surface area (Å²) in [5, 5.41) is 10.1. The summed E-state index contributed by atoms with van der Waals surface area (Å²) in [5.74, 6) is 0.726. The predicted octanol–water partition coefficient (Wildman–Crippen LogP) is 3.99. The maximum atomic E-state index is 8.94. The lowest BCUT2D eigenvalue weighted by molar-refractivity contribution is 0.299. The van der Waals surface area contributed by atoms with E-state index >= 15 is 0 Å². The lowest BCUT2D eigenvalue weighted by Crippen LogP contribution is -2.00. The zero-order valence-corrected chi connectivity index (χ0v) is 11.7. The number of aromatic nitrogens is 1. The molecule has 3 rings (SSSR count). The second kappa shape index (κ2) is 5.64. The third-order valence-corrected chi connectivity index (χ3v) is 3.35. The molecule has 0 aliphatic carbocycles. The average molecular weight is 274 g/mol. The average Bonchev–Trinajstić information content (AvgIpc) is 2.54. The molecule has 0 saturated carbocycles. The van der Waals surface area contributed by atoms with Gasteiger partial charge in [-0.25, -0.2) is 4.98 Å². The fourth-order valence-corrected chi connectivity index (χ4v) is 2.17. The van der Waals surface area contributed by atoms with Crippen LogP contribution in [0.25, 0.3) is 10.9 Å². The number of pyridine rings is 1. The van der Waals surface area contributed by atoms with E-state index in [1.165, 1.54) is 0 Å². The Balaban J connectivity index is 1.82. The van der Waals surface area contributed by atoms with Gasteiger partial charge in [-0.1, -0.05) is 30.3 Å². The van der Waals surface area contributed by atoms with Crippen LogP contribution in [0.4, 0.5) is 0 Å². The van der Waals surface area contributed by atoms with Crippen LogP contribution in [0.1, 0.15) is 16.8 Å². The molecule has 0 saturated heterocycles. The van der Waals surface area contributed by atoms with Crippen molar-refractivity contribution in [2.45, 2.75) is 13.5 Å². The summed E-state index contributed by atoms with van der Waals surface area (Å²) in [6.45, 7) is 2.35. The molecule has 3 heteroatoms. The number of para-hydroxylation sites is 1. The zero-order chi connectivity index (χ0) is 14.7. The number of fused-ring (bicyclic) bond motifs is 1. The molecule has 3 nitrogen and oxygen atoms in total. The quantitative estimate of drug-likeness (QED) is 0.725. The summed E-state index contributed by atoms with van der Waals surface area (Å²) in [7, 11) is 0. The summed E-state index contributed by atoms with van der Waals surface area (Å²) < 4.78 is 5.80. The van der Waals surface area contributed by atoms with Gasteiger partial charge in [0.2, 0.25) is 0 Å². The van der Waals surface area contributed by atoms with Crippen LogP contribution >= 0.6 is 0 Å². The highest BCUT2D eigenvalue weighted by molar-refractivity contribution is 5.78. The van der Waals surface area contributed by atoms with Gasteiger partial charge < -0.3 is 4.74 Å². The number of hydrogen-bond acceptors (Lipinski definition) is 3. The van der Waals surface area contributed by atoms with Gasteiger partial charge in [0.15, 0.2) is 0 Å². The number of nitrogens with zero attached hydrogens (tertiary/aromatic N) is 2. The van der Waals surface area contributed by atoms with Crippen molar-refractivity contribution in [2.75, 3.05) is 0 Å². The molecule has 0 fully saturated rings. The first-order chi connectivity index (χ1) is 10.3. The molecule has 3 aromatic rings. The maximum Gasteiger partial charge on any atom is 0.130 e. The predicted molar refractivity (Wildman–Crippen MR) is 82.0 cm³/mol. The molecule has 0 aliphatic rings. The fraction of sp³-hybridized carbons (Fsp3) is 0.111. The number of benzene rings is 2. The zero-order valence-electron chi connectivity index (χ0n) is 11.7. The van der Waals surface area contributed by atoms with Gasteiger partial charge in [-0.2, -0.15) is 5.26 Å². The van der Waals surface area contributed by atoms with Gasteiger partial charge >= 0.3 is 0 Å². The third-order valence-electron chi connectivity index (χ3n) is 3.35. The summed E-state index contributed by atoms with van der Waals surface area (Å²) >= 11 is 0. The maximum absolute atomic E-state index is 8.94. The second-order valence-electron chi connectivity index (χ2n) is 4.88. The fourth-order valence-electron chi connectivity index (χ4n) is 2.17. The molecule has 21 heavy (non-hydrogen) atoms. The van der Waals surface area contributed by atoms with Gasteiger partial charge in [0.05, 0.1) is 22.8 Å². The molecule has 2 aromatic carbocycles. The highest BCUT2D eigenvalue weighted by atomic mass is 16.5. The number of ether oxygens (including phenoxy) is 1. The lowest BCUT2D eigenvalue weighted by Gasteiger charge is -2.09. The molecule has 0 N–H and O–H groups in total. The summed E-state index contributed by atoms with van der Waals surface area (Å²) in [6.07, 6.45) is 0. The van der Waals surface area contributed by atoms with E-state index in [4.69, 9.17) is 10.00 Å². The van der Waals surface area contributed by atoms with E-state index < -0.39 is 0 Å². The first kappa shape index (κ1) is 13.1. The minimum absolute atomic E-state index is 0.389. The molecule has 0 unspecified atom stereocenters. The monoisotopic (exact) mass is 274 g/mol. The SMILES string of the molecule is Cc1ccc(C#N)cc1OCc1ccc2ccccc2n1. The summed E-state index contributed by atoms with van der Waals surface area (Å²) in [6, 6.07) is 19.6. The molecule has 102 valence electrons. The van der Waals surface area contributed by atoms with E-state index in [1.807, 2.05) is 49.4 Å². The molecular formula is C18H14N2O. The van der Waals surface area contributed by atoms with Gasteiger partial charge in [-0.3, -0.25) is 0 Å². The van der Waals surface area contributed by atoms with E-state index in [0.717, 1.165) is 27.9 Å². The van der Waals surface area contributed by atoms with Crippen molar-refractivity contribution >= 4 is 10.9 Å². The number of rotatable bonds is 3. The lowest BCUT2D eigenvalue weighted by atomic mass is 10.1. The highest BCUT2D eigenvalue weighted by Gasteiger charge is 2.04. The third kappa shape index (κ3) is 2.85. The Morgan fingerprint density at radius 2 is 1.95 bits per heavy atom. The molecule has 0 bridgehead atoms. The standard InChI is InChI=1S/C18H14N2O/c1-13-6-7-14(11-19)10-18(13)21-12-16-9-8-15-4-2-3-5-17(15)20-16/h2-10H,12H2,1H3. The molecule has 1 aromatic heterocycles. The van der Waals surface area contributed by atoms with Crippen LogP contribution in [0.5, 0.6) is 5.75 Å². The molecule has 0 spiro atoms. The molecule has 0 radical (unpaired) electrons. The van der Waals surface area contributed by atoms with Crippen molar-refractivity contribution in [1.29, 1.82) is 5.26 Å².